The highest BCUT2D eigenvalue weighted by molar-refractivity contribution is 7.96. The van der Waals surface area contributed by atoms with E-state index in [1.54, 1.807) is 24.3 Å². The number of hydrogen-bond donors (Lipinski definition) is 0. The Morgan fingerprint density at radius 3 is 2.12 bits per heavy atom. The minimum atomic E-state index is -3.55. The van der Waals surface area contributed by atoms with Crippen LogP contribution in [0.5, 0.6) is 0 Å². The molecule has 0 spiro atoms. The molecule has 0 atom stereocenters. The zero-order valence-corrected chi connectivity index (χ0v) is 11.1. The molecule has 0 amide bonds. The van der Waals surface area contributed by atoms with Crippen LogP contribution in [0, 0.1) is 5.41 Å². The Kier molecular flexibility index (Phi) is 3.81. The number of sulfone groups is 1. The van der Waals surface area contributed by atoms with E-state index in [9.17, 15) is 8.42 Å². The molecule has 16 heavy (non-hydrogen) atoms. The molecule has 88 valence electrons. The van der Waals surface area contributed by atoms with E-state index in [-0.39, 0.29) is 14.7 Å². The van der Waals surface area contributed by atoms with Gasteiger partial charge in [-0.2, -0.15) is 0 Å². The molecule has 2 nitrogen and oxygen atoms in total. The van der Waals surface area contributed by atoms with Crippen molar-refractivity contribution in [2.24, 2.45) is 5.41 Å². The van der Waals surface area contributed by atoms with E-state index < -0.39 is 9.84 Å². The van der Waals surface area contributed by atoms with E-state index >= 15 is 0 Å². The van der Waals surface area contributed by atoms with Crippen molar-refractivity contribution in [2.45, 2.75) is 25.7 Å². The fourth-order valence-corrected chi connectivity index (χ4v) is 2.97. The molecule has 0 aliphatic rings. The van der Waals surface area contributed by atoms with Gasteiger partial charge < -0.3 is 0 Å². The molecular weight excluding hydrogens is 244 g/mol. The molecule has 0 aliphatic heterocycles. The second kappa shape index (κ2) is 4.60. The van der Waals surface area contributed by atoms with Crippen LogP contribution in [0.4, 0.5) is 0 Å². The third kappa shape index (κ3) is 3.35. The Hall–Kier alpha value is -0.800. The minimum absolute atomic E-state index is 0.119. The van der Waals surface area contributed by atoms with Crippen LogP contribution < -0.4 is 0 Å². The third-order valence-corrected chi connectivity index (χ3v) is 4.10. The van der Waals surface area contributed by atoms with Crippen LogP contribution in [0.2, 0.25) is 0 Å². The fourth-order valence-electron chi connectivity index (χ4n) is 1.13. The first-order chi connectivity index (χ1) is 7.23. The molecule has 1 aromatic carbocycles. The van der Waals surface area contributed by atoms with E-state index in [0.29, 0.717) is 0 Å². The molecule has 0 N–H and O–H groups in total. The maximum absolute atomic E-state index is 12.0. The number of halogens is 1. The van der Waals surface area contributed by atoms with Crippen LogP contribution in [-0.2, 0) is 9.84 Å². The summed E-state index contributed by atoms with van der Waals surface area (Å²) in [6.07, 6.45) is 1.55. The topological polar surface area (TPSA) is 34.1 Å². The largest absolute Gasteiger partial charge is 0.218 e. The van der Waals surface area contributed by atoms with Gasteiger partial charge in [0.1, 0.15) is 4.36 Å². The Labute approximate surface area is 102 Å². The van der Waals surface area contributed by atoms with Crippen molar-refractivity contribution in [1.82, 2.24) is 0 Å². The van der Waals surface area contributed by atoms with Gasteiger partial charge in [0.25, 0.3) is 0 Å². The van der Waals surface area contributed by atoms with Gasteiger partial charge in [-0.05, 0) is 23.6 Å². The smallest absolute Gasteiger partial charge is 0.217 e. The Morgan fingerprint density at radius 1 is 1.19 bits per heavy atom. The summed E-state index contributed by atoms with van der Waals surface area (Å²) < 4.78 is 23.9. The first-order valence-corrected chi connectivity index (χ1v) is 6.78. The lowest BCUT2D eigenvalue weighted by Crippen LogP contribution is -2.06. The lowest BCUT2D eigenvalue weighted by atomic mass is 9.98. The molecule has 0 radical (unpaired) electrons. The Morgan fingerprint density at radius 2 is 1.69 bits per heavy atom. The molecule has 0 saturated carbocycles. The van der Waals surface area contributed by atoms with Gasteiger partial charge in [-0.15, -0.1) is 0 Å². The number of rotatable bonds is 2. The summed E-state index contributed by atoms with van der Waals surface area (Å²) in [6, 6.07) is 8.19. The first-order valence-electron chi connectivity index (χ1n) is 4.92. The molecule has 0 saturated heterocycles. The summed E-state index contributed by atoms with van der Waals surface area (Å²) in [5.74, 6) is 0. The van der Waals surface area contributed by atoms with Crippen molar-refractivity contribution in [3.05, 3.63) is 40.8 Å². The summed E-state index contributed by atoms with van der Waals surface area (Å²) in [5.41, 5.74) is -0.265. The quantitative estimate of drug-likeness (QED) is 0.812. The highest BCUT2D eigenvalue weighted by atomic mass is 35.5. The minimum Gasteiger partial charge on any atom is -0.218 e. The molecule has 0 heterocycles. The van der Waals surface area contributed by atoms with Crippen LogP contribution >= 0.6 is 11.6 Å². The van der Waals surface area contributed by atoms with Gasteiger partial charge in [0.05, 0.1) is 4.90 Å². The lowest BCUT2D eigenvalue weighted by Gasteiger charge is -2.13. The van der Waals surface area contributed by atoms with E-state index in [1.807, 2.05) is 20.8 Å². The third-order valence-electron chi connectivity index (χ3n) is 1.86. The van der Waals surface area contributed by atoms with Crippen molar-refractivity contribution in [2.75, 3.05) is 0 Å². The molecule has 0 aliphatic carbocycles. The van der Waals surface area contributed by atoms with Gasteiger partial charge in [-0.1, -0.05) is 50.6 Å². The zero-order valence-electron chi connectivity index (χ0n) is 9.57. The molecule has 0 fully saturated rings. The SMILES string of the molecule is CC(C)(C)C=C(Cl)S(=O)(=O)c1ccccc1. The van der Waals surface area contributed by atoms with Crippen LogP contribution in [0.3, 0.4) is 0 Å². The summed E-state index contributed by atoms with van der Waals surface area (Å²) in [6.45, 7) is 5.70. The predicted molar refractivity (Wildman–Crippen MR) is 67.0 cm³/mol. The van der Waals surface area contributed by atoms with Crippen LogP contribution in [-0.4, -0.2) is 8.42 Å². The standard InChI is InChI=1S/C12H15ClO2S/c1-12(2,3)9-11(13)16(14,15)10-7-5-4-6-8-10/h4-9H,1-3H3. The van der Waals surface area contributed by atoms with Gasteiger partial charge >= 0.3 is 0 Å². The monoisotopic (exact) mass is 258 g/mol. The second-order valence-corrected chi connectivity index (χ2v) is 7.18. The highest BCUT2D eigenvalue weighted by Gasteiger charge is 2.21. The summed E-state index contributed by atoms with van der Waals surface area (Å²) in [5, 5.41) is 0. The lowest BCUT2D eigenvalue weighted by molar-refractivity contribution is 0.542. The number of allylic oxidation sites excluding steroid dienone is 1. The van der Waals surface area contributed by atoms with Crippen LogP contribution in [0.15, 0.2) is 45.7 Å². The predicted octanol–water partition coefficient (Wildman–Crippen LogP) is 3.59. The summed E-state index contributed by atoms with van der Waals surface area (Å²) in [7, 11) is -3.55. The van der Waals surface area contributed by atoms with Gasteiger partial charge in [-0.3, -0.25) is 0 Å². The molecule has 0 unspecified atom stereocenters. The number of benzene rings is 1. The van der Waals surface area contributed by atoms with Crippen molar-refractivity contribution in [3.8, 4) is 0 Å². The Bertz CT molecular complexity index is 482. The van der Waals surface area contributed by atoms with Crippen LogP contribution in [0.25, 0.3) is 0 Å². The average Bonchev–Trinajstić information content (AvgIpc) is 2.16. The van der Waals surface area contributed by atoms with Crippen molar-refractivity contribution in [1.29, 1.82) is 0 Å². The van der Waals surface area contributed by atoms with Gasteiger partial charge in [0.2, 0.25) is 9.84 Å². The first kappa shape index (κ1) is 13.3. The van der Waals surface area contributed by atoms with E-state index in [1.165, 1.54) is 12.1 Å². The van der Waals surface area contributed by atoms with Gasteiger partial charge in [-0.25, -0.2) is 8.42 Å². The maximum atomic E-state index is 12.0. The van der Waals surface area contributed by atoms with Gasteiger partial charge in [0.15, 0.2) is 0 Å². The van der Waals surface area contributed by atoms with E-state index in [2.05, 4.69) is 0 Å². The highest BCUT2D eigenvalue weighted by Crippen LogP contribution is 2.27. The molecular formula is C12H15ClO2S. The fraction of sp³-hybridized carbons (Fsp3) is 0.333. The van der Waals surface area contributed by atoms with E-state index in [0.717, 1.165) is 0 Å². The Balaban J connectivity index is 3.20. The van der Waals surface area contributed by atoms with Crippen molar-refractivity contribution < 1.29 is 8.42 Å². The molecule has 4 heteroatoms. The van der Waals surface area contributed by atoms with E-state index in [4.69, 9.17) is 11.6 Å². The second-order valence-electron chi connectivity index (χ2n) is 4.63. The van der Waals surface area contributed by atoms with Crippen LogP contribution in [0.1, 0.15) is 20.8 Å². The zero-order chi connectivity index (χ0) is 12.4. The normalized spacial score (nSPS) is 13.9. The van der Waals surface area contributed by atoms with Crippen molar-refractivity contribution >= 4 is 21.4 Å². The summed E-state index contributed by atoms with van der Waals surface area (Å²) in [4.78, 5) is 0.223. The molecule has 1 rings (SSSR count). The van der Waals surface area contributed by atoms with Gasteiger partial charge in [0, 0.05) is 0 Å². The number of hydrogen-bond acceptors (Lipinski definition) is 2. The maximum Gasteiger partial charge on any atom is 0.217 e. The molecule has 0 bridgehead atoms. The molecule has 0 aromatic heterocycles. The van der Waals surface area contributed by atoms with Crippen molar-refractivity contribution in [3.63, 3.8) is 0 Å². The average molecular weight is 259 g/mol. The summed E-state index contributed by atoms with van der Waals surface area (Å²) >= 11 is 5.86. The molecule has 1 aromatic rings.